The number of amides is 1. The Hall–Kier alpha value is -3.46. The summed E-state index contributed by atoms with van der Waals surface area (Å²) in [5.41, 5.74) is 7.48. The van der Waals surface area contributed by atoms with Crippen molar-refractivity contribution >= 4 is 11.7 Å². The van der Waals surface area contributed by atoms with Gasteiger partial charge in [0.15, 0.2) is 0 Å². The van der Waals surface area contributed by atoms with E-state index >= 15 is 0 Å². The van der Waals surface area contributed by atoms with Crippen molar-refractivity contribution in [3.8, 4) is 17.1 Å². The lowest BCUT2D eigenvalue weighted by Gasteiger charge is -2.31. The fraction of sp³-hybridized carbons (Fsp3) is 0.440. The number of likely N-dealkylation sites (tertiary alicyclic amines) is 1. The van der Waals surface area contributed by atoms with Crippen LogP contribution in [-0.4, -0.2) is 52.7 Å². The molecule has 5 rings (SSSR count). The average Bonchev–Trinajstić information content (AvgIpc) is 3.54. The van der Waals surface area contributed by atoms with E-state index in [1.807, 2.05) is 30.3 Å². The van der Waals surface area contributed by atoms with Crippen molar-refractivity contribution in [2.24, 2.45) is 11.7 Å². The Morgan fingerprint density at radius 2 is 2.00 bits per heavy atom. The summed E-state index contributed by atoms with van der Waals surface area (Å²) in [5, 5.41) is 4.28. The lowest BCUT2D eigenvalue weighted by molar-refractivity contribution is -0.122. The maximum absolute atomic E-state index is 11.5. The van der Waals surface area contributed by atoms with E-state index in [0.717, 1.165) is 74.6 Å². The van der Waals surface area contributed by atoms with Gasteiger partial charge in [-0.25, -0.2) is 4.98 Å². The smallest absolute Gasteiger partial charge is 0.244 e. The molecule has 2 aliphatic rings. The molecule has 9 nitrogen and oxygen atoms in total. The SMILES string of the molecule is COc1ccccc1CN1CCC[C@H]1c1nc(-c2ccnc(N3CCC(C(N)=O)CC3)c2)no1. The molecule has 0 aliphatic carbocycles. The summed E-state index contributed by atoms with van der Waals surface area (Å²) in [5.74, 6) is 2.68. The number of pyridine rings is 1. The Kier molecular flexibility index (Phi) is 6.44. The Morgan fingerprint density at radius 3 is 2.79 bits per heavy atom. The van der Waals surface area contributed by atoms with Crippen molar-refractivity contribution in [1.82, 2.24) is 20.0 Å². The summed E-state index contributed by atoms with van der Waals surface area (Å²) in [4.78, 5) is 25.3. The van der Waals surface area contributed by atoms with Crippen LogP contribution in [0.25, 0.3) is 11.4 Å². The van der Waals surface area contributed by atoms with Gasteiger partial charge in [-0.3, -0.25) is 9.69 Å². The van der Waals surface area contributed by atoms with Gasteiger partial charge in [-0.2, -0.15) is 4.98 Å². The van der Waals surface area contributed by atoms with E-state index in [4.69, 9.17) is 20.0 Å². The van der Waals surface area contributed by atoms with Crippen LogP contribution in [0.15, 0.2) is 47.1 Å². The summed E-state index contributed by atoms with van der Waals surface area (Å²) < 4.78 is 11.3. The molecule has 2 saturated heterocycles. The van der Waals surface area contributed by atoms with Gasteiger partial charge in [0.2, 0.25) is 17.6 Å². The number of carbonyl (C=O) groups is 1. The third-order valence-electron chi connectivity index (χ3n) is 6.88. The van der Waals surface area contributed by atoms with E-state index in [2.05, 4.69) is 26.0 Å². The van der Waals surface area contributed by atoms with E-state index in [-0.39, 0.29) is 17.9 Å². The number of carbonyl (C=O) groups excluding carboxylic acids is 1. The maximum atomic E-state index is 11.5. The van der Waals surface area contributed by atoms with Crippen molar-refractivity contribution in [2.45, 2.75) is 38.3 Å². The number of primary amides is 1. The molecule has 2 aliphatic heterocycles. The fourth-order valence-electron chi connectivity index (χ4n) is 4.96. The monoisotopic (exact) mass is 462 g/mol. The van der Waals surface area contributed by atoms with E-state index < -0.39 is 0 Å². The van der Waals surface area contributed by atoms with Gasteiger partial charge in [-0.15, -0.1) is 0 Å². The Balaban J connectivity index is 1.30. The standard InChI is InChI=1S/C25H30N6O3/c1-33-21-7-3-2-5-19(21)16-31-12-4-6-20(31)25-28-24(29-34-25)18-8-11-27-22(15-18)30-13-9-17(10-14-30)23(26)32/h2-3,5,7-8,11,15,17,20H,4,6,9-10,12-14,16H2,1H3,(H2,26,32)/t20-/m0/s1. The zero-order chi connectivity index (χ0) is 23.5. The summed E-state index contributed by atoms with van der Waals surface area (Å²) in [6.45, 7) is 3.25. The first kappa shape index (κ1) is 22.3. The van der Waals surface area contributed by atoms with Gasteiger partial charge in [0.05, 0.1) is 13.2 Å². The first-order valence-electron chi connectivity index (χ1n) is 11.8. The van der Waals surface area contributed by atoms with Crippen LogP contribution in [0.4, 0.5) is 5.82 Å². The molecule has 2 aromatic heterocycles. The minimum absolute atomic E-state index is 0.0515. The number of rotatable bonds is 7. The zero-order valence-corrected chi connectivity index (χ0v) is 19.4. The van der Waals surface area contributed by atoms with Crippen LogP contribution in [0, 0.1) is 5.92 Å². The van der Waals surface area contributed by atoms with Crippen LogP contribution in [0.2, 0.25) is 0 Å². The van der Waals surface area contributed by atoms with Crippen molar-refractivity contribution in [3.05, 3.63) is 54.0 Å². The molecular formula is C25H30N6O3. The molecule has 4 heterocycles. The highest BCUT2D eigenvalue weighted by Crippen LogP contribution is 2.35. The van der Waals surface area contributed by atoms with Crippen LogP contribution in [0.1, 0.15) is 43.2 Å². The Morgan fingerprint density at radius 1 is 1.18 bits per heavy atom. The predicted molar refractivity (Wildman–Crippen MR) is 127 cm³/mol. The quantitative estimate of drug-likeness (QED) is 0.570. The molecule has 0 saturated carbocycles. The highest BCUT2D eigenvalue weighted by atomic mass is 16.5. The molecule has 1 amide bonds. The number of nitrogens with two attached hydrogens (primary N) is 1. The molecule has 0 unspecified atom stereocenters. The second kappa shape index (κ2) is 9.80. The van der Waals surface area contributed by atoms with E-state index in [1.54, 1.807) is 13.3 Å². The number of hydrogen-bond acceptors (Lipinski definition) is 8. The summed E-state index contributed by atoms with van der Waals surface area (Å²) in [6.07, 6.45) is 5.32. The first-order valence-corrected chi connectivity index (χ1v) is 11.8. The van der Waals surface area contributed by atoms with Crippen molar-refractivity contribution in [1.29, 1.82) is 0 Å². The van der Waals surface area contributed by atoms with Gasteiger partial charge in [-0.1, -0.05) is 23.4 Å². The summed E-state index contributed by atoms with van der Waals surface area (Å²) >= 11 is 0. The Bertz CT molecular complexity index is 1140. The van der Waals surface area contributed by atoms with Gasteiger partial charge < -0.3 is 19.9 Å². The number of ether oxygens (including phenoxy) is 1. The minimum Gasteiger partial charge on any atom is -0.496 e. The van der Waals surface area contributed by atoms with Crippen LogP contribution in [0.3, 0.4) is 0 Å². The number of nitrogens with zero attached hydrogens (tertiary/aromatic N) is 5. The first-order chi connectivity index (χ1) is 16.6. The molecule has 2 N–H and O–H groups in total. The predicted octanol–water partition coefficient (Wildman–Crippen LogP) is 3.18. The van der Waals surface area contributed by atoms with Crippen molar-refractivity contribution < 1.29 is 14.1 Å². The molecule has 34 heavy (non-hydrogen) atoms. The largest absolute Gasteiger partial charge is 0.496 e. The van der Waals surface area contributed by atoms with Crippen molar-refractivity contribution in [3.63, 3.8) is 0 Å². The number of methoxy groups -OCH3 is 1. The van der Waals surface area contributed by atoms with Crippen LogP contribution in [-0.2, 0) is 11.3 Å². The summed E-state index contributed by atoms with van der Waals surface area (Å²) in [6, 6.07) is 12.1. The minimum atomic E-state index is -0.215. The number of benzene rings is 1. The molecule has 0 spiro atoms. The lowest BCUT2D eigenvalue weighted by atomic mass is 9.96. The van der Waals surface area contributed by atoms with Gasteiger partial charge in [0.25, 0.3) is 0 Å². The molecule has 2 fully saturated rings. The highest BCUT2D eigenvalue weighted by molar-refractivity contribution is 5.77. The highest BCUT2D eigenvalue weighted by Gasteiger charge is 2.31. The zero-order valence-electron chi connectivity index (χ0n) is 19.4. The van der Waals surface area contributed by atoms with Crippen LogP contribution < -0.4 is 15.4 Å². The second-order valence-corrected chi connectivity index (χ2v) is 8.96. The molecular weight excluding hydrogens is 432 g/mol. The summed E-state index contributed by atoms with van der Waals surface area (Å²) in [7, 11) is 1.70. The third-order valence-corrected chi connectivity index (χ3v) is 6.88. The molecule has 0 bridgehead atoms. The number of piperidine rings is 1. The number of hydrogen-bond donors (Lipinski definition) is 1. The Labute approximate surface area is 198 Å². The topological polar surface area (TPSA) is 111 Å². The van der Waals surface area contributed by atoms with E-state index in [0.29, 0.717) is 11.7 Å². The normalized spacial score (nSPS) is 19.4. The van der Waals surface area contributed by atoms with Gasteiger partial charge in [-0.05, 0) is 50.4 Å². The van der Waals surface area contributed by atoms with Gasteiger partial charge in [0, 0.05) is 42.9 Å². The number of para-hydroxylation sites is 1. The molecule has 9 heteroatoms. The molecule has 0 radical (unpaired) electrons. The lowest BCUT2D eigenvalue weighted by Crippen LogP contribution is -2.38. The van der Waals surface area contributed by atoms with Crippen LogP contribution >= 0.6 is 0 Å². The molecule has 3 aromatic rings. The van der Waals surface area contributed by atoms with E-state index in [9.17, 15) is 4.79 Å². The van der Waals surface area contributed by atoms with Crippen molar-refractivity contribution in [2.75, 3.05) is 31.6 Å². The number of aromatic nitrogens is 3. The van der Waals surface area contributed by atoms with E-state index in [1.165, 1.54) is 0 Å². The maximum Gasteiger partial charge on any atom is 0.244 e. The number of anilines is 1. The van der Waals surface area contributed by atoms with Gasteiger partial charge in [0.1, 0.15) is 11.6 Å². The fourth-order valence-corrected chi connectivity index (χ4v) is 4.96. The second-order valence-electron chi connectivity index (χ2n) is 8.96. The average molecular weight is 463 g/mol. The third kappa shape index (κ3) is 4.61. The van der Waals surface area contributed by atoms with Crippen LogP contribution in [0.5, 0.6) is 5.75 Å². The van der Waals surface area contributed by atoms with Gasteiger partial charge >= 0.3 is 0 Å². The molecule has 1 atom stereocenters. The molecule has 178 valence electrons. The molecule has 1 aromatic carbocycles.